The number of carbonyl (C=O) groups is 1. The molecule has 24 heavy (non-hydrogen) atoms. The average molecular weight is 336 g/mol. The van der Waals surface area contributed by atoms with Crippen molar-refractivity contribution in [2.24, 2.45) is 0 Å². The number of carboxylic acid groups (broad SMARTS) is 1. The molecular weight excluding hydrogens is 303 g/mol. The van der Waals surface area contributed by atoms with Crippen LogP contribution in [-0.2, 0) is 4.79 Å². The molecule has 0 aliphatic rings. The number of nitrogens with zero attached hydrogens (tertiary/aromatic N) is 1. The summed E-state index contributed by atoms with van der Waals surface area (Å²) in [5.74, 6) is -1.15. The van der Waals surface area contributed by atoms with Gasteiger partial charge in [-0.1, -0.05) is 38.8 Å². The van der Waals surface area contributed by atoms with E-state index in [1.54, 1.807) is 17.9 Å². The molecule has 3 N–H and O–H groups in total. The Kier molecular flexibility index (Phi) is 17.4. The first-order chi connectivity index (χ1) is 10.9. The van der Waals surface area contributed by atoms with Gasteiger partial charge >= 0.3 is 18.9 Å². The van der Waals surface area contributed by atoms with E-state index in [4.69, 9.17) is 0 Å². The quantitative estimate of drug-likeness (QED) is 0.177. The molecule has 0 saturated heterocycles. The SMILES string of the molecule is CC/C=C/C(O)CN(CCNCC(O)CCCC)C(C)C(=O)[O-].[Li+]. The molecule has 6 nitrogen and oxygen atoms in total. The van der Waals surface area contributed by atoms with Gasteiger partial charge in [-0.3, -0.25) is 4.90 Å². The standard InChI is InChI=1S/C17H34N2O4.Li/c1-4-6-8-15(20)12-18-10-11-19(14(3)17(22)23)13-16(21)9-7-5-2;/h7,9,14-16,18,20-21H,4-6,8,10-13H2,1-3H3,(H,22,23);/q;+1/p-1/b9-7+;. The number of hydrogen-bond acceptors (Lipinski definition) is 6. The molecule has 0 aliphatic carbocycles. The first-order valence-electron chi connectivity index (χ1n) is 8.60. The second-order valence-electron chi connectivity index (χ2n) is 5.89. The van der Waals surface area contributed by atoms with E-state index in [0.717, 1.165) is 25.7 Å². The van der Waals surface area contributed by atoms with Crippen LogP contribution in [0.3, 0.4) is 0 Å². The summed E-state index contributed by atoms with van der Waals surface area (Å²) >= 11 is 0. The number of unbranched alkanes of at least 4 members (excludes halogenated alkanes) is 1. The average Bonchev–Trinajstić information content (AvgIpc) is 2.52. The number of aliphatic carboxylic acids is 1. The predicted molar refractivity (Wildman–Crippen MR) is 89.9 cm³/mol. The van der Waals surface area contributed by atoms with E-state index in [2.05, 4.69) is 12.2 Å². The molecule has 0 aliphatic heterocycles. The molecule has 0 saturated carbocycles. The second kappa shape index (κ2) is 16.1. The number of nitrogens with one attached hydrogen (secondary N) is 1. The molecule has 0 spiro atoms. The molecule has 0 heterocycles. The zero-order valence-corrected chi connectivity index (χ0v) is 15.7. The fraction of sp³-hybridized carbons (Fsp3) is 0.824. The van der Waals surface area contributed by atoms with Gasteiger partial charge in [-0.05, 0) is 19.8 Å². The molecule has 0 fully saturated rings. The van der Waals surface area contributed by atoms with Crippen molar-refractivity contribution in [3.63, 3.8) is 0 Å². The third kappa shape index (κ3) is 13.0. The smallest absolute Gasteiger partial charge is 0.548 e. The Morgan fingerprint density at radius 1 is 1.33 bits per heavy atom. The van der Waals surface area contributed by atoms with Crippen LogP contribution in [0.4, 0.5) is 0 Å². The van der Waals surface area contributed by atoms with E-state index in [1.165, 1.54) is 0 Å². The van der Waals surface area contributed by atoms with E-state index in [-0.39, 0.29) is 31.5 Å². The van der Waals surface area contributed by atoms with Crippen molar-refractivity contribution in [3.8, 4) is 0 Å². The molecule has 0 aromatic carbocycles. The Labute approximate surface area is 158 Å². The minimum Gasteiger partial charge on any atom is -0.548 e. The van der Waals surface area contributed by atoms with Gasteiger partial charge in [0.2, 0.25) is 0 Å². The van der Waals surface area contributed by atoms with Crippen LogP contribution in [0.25, 0.3) is 0 Å². The summed E-state index contributed by atoms with van der Waals surface area (Å²) in [6, 6.07) is -0.772. The third-order valence-electron chi connectivity index (χ3n) is 3.75. The van der Waals surface area contributed by atoms with Gasteiger partial charge in [-0.15, -0.1) is 0 Å². The summed E-state index contributed by atoms with van der Waals surface area (Å²) in [6.45, 7) is 7.35. The summed E-state index contributed by atoms with van der Waals surface area (Å²) in [7, 11) is 0. The van der Waals surface area contributed by atoms with Gasteiger partial charge in [-0.25, -0.2) is 0 Å². The molecule has 3 unspecified atom stereocenters. The minimum absolute atomic E-state index is 0. The molecule has 0 radical (unpaired) electrons. The van der Waals surface area contributed by atoms with E-state index >= 15 is 0 Å². The van der Waals surface area contributed by atoms with Gasteiger partial charge in [0.25, 0.3) is 0 Å². The Bertz CT molecular complexity index is 343. The summed E-state index contributed by atoms with van der Waals surface area (Å²) in [5.41, 5.74) is 0. The summed E-state index contributed by atoms with van der Waals surface area (Å²) < 4.78 is 0. The van der Waals surface area contributed by atoms with Gasteiger partial charge in [0.1, 0.15) is 0 Å². The molecule has 0 aromatic heterocycles. The summed E-state index contributed by atoms with van der Waals surface area (Å²) in [6.07, 6.45) is 6.09. The maximum atomic E-state index is 11.1. The normalized spacial score (nSPS) is 15.2. The number of aliphatic hydroxyl groups excluding tert-OH is 2. The molecule has 7 heteroatoms. The largest absolute Gasteiger partial charge is 1.00 e. The van der Waals surface area contributed by atoms with Gasteiger partial charge in [0.15, 0.2) is 0 Å². The Morgan fingerprint density at radius 2 is 2.00 bits per heavy atom. The van der Waals surface area contributed by atoms with Gasteiger partial charge in [0.05, 0.1) is 18.2 Å². The zero-order chi connectivity index (χ0) is 17.7. The van der Waals surface area contributed by atoms with Crippen molar-refractivity contribution in [1.82, 2.24) is 10.2 Å². The number of aliphatic hydroxyl groups is 2. The maximum Gasteiger partial charge on any atom is 1.00 e. The number of hydrogen-bond donors (Lipinski definition) is 3. The summed E-state index contributed by atoms with van der Waals surface area (Å²) in [4.78, 5) is 12.8. The van der Waals surface area contributed by atoms with Crippen LogP contribution in [0.5, 0.6) is 0 Å². The third-order valence-corrected chi connectivity index (χ3v) is 3.75. The van der Waals surface area contributed by atoms with Gasteiger partial charge < -0.3 is 25.4 Å². The Morgan fingerprint density at radius 3 is 2.54 bits per heavy atom. The van der Waals surface area contributed by atoms with Crippen LogP contribution in [0, 0.1) is 0 Å². The van der Waals surface area contributed by atoms with E-state index in [9.17, 15) is 20.1 Å². The molecule has 0 aromatic rings. The monoisotopic (exact) mass is 336 g/mol. The van der Waals surface area contributed by atoms with Crippen LogP contribution in [0.1, 0.15) is 46.5 Å². The fourth-order valence-corrected chi connectivity index (χ4v) is 2.22. The van der Waals surface area contributed by atoms with Gasteiger partial charge in [0, 0.05) is 32.2 Å². The molecule has 0 amide bonds. The minimum atomic E-state index is -1.15. The van der Waals surface area contributed by atoms with Crippen LogP contribution in [0.15, 0.2) is 12.2 Å². The van der Waals surface area contributed by atoms with Crippen LogP contribution in [0.2, 0.25) is 0 Å². The molecule has 136 valence electrons. The van der Waals surface area contributed by atoms with Crippen LogP contribution in [-0.4, -0.2) is 65.5 Å². The summed E-state index contributed by atoms with van der Waals surface area (Å²) in [5, 5.41) is 33.9. The first-order valence-corrected chi connectivity index (χ1v) is 8.60. The van der Waals surface area contributed by atoms with Crippen molar-refractivity contribution in [1.29, 1.82) is 0 Å². The zero-order valence-electron chi connectivity index (χ0n) is 15.7. The number of carboxylic acids is 1. The Hall–Kier alpha value is -0.353. The number of allylic oxidation sites excluding steroid dienone is 1. The molecule has 0 bridgehead atoms. The molecular formula is C17H33LiN2O4. The van der Waals surface area contributed by atoms with Crippen LogP contribution >= 0.6 is 0 Å². The van der Waals surface area contributed by atoms with E-state index in [1.807, 2.05) is 13.0 Å². The topological polar surface area (TPSA) is 95.9 Å². The van der Waals surface area contributed by atoms with Crippen molar-refractivity contribution in [2.75, 3.05) is 26.2 Å². The van der Waals surface area contributed by atoms with E-state index in [0.29, 0.717) is 19.6 Å². The maximum absolute atomic E-state index is 11.1. The Balaban J connectivity index is 0. The fourth-order valence-electron chi connectivity index (χ4n) is 2.22. The number of carbonyl (C=O) groups excluding carboxylic acids is 1. The van der Waals surface area contributed by atoms with E-state index < -0.39 is 18.1 Å². The van der Waals surface area contributed by atoms with Crippen molar-refractivity contribution in [3.05, 3.63) is 12.2 Å². The van der Waals surface area contributed by atoms with Crippen molar-refractivity contribution < 1.29 is 39.0 Å². The van der Waals surface area contributed by atoms with Crippen molar-refractivity contribution in [2.45, 2.75) is 64.7 Å². The van der Waals surface area contributed by atoms with Crippen molar-refractivity contribution >= 4 is 5.97 Å². The van der Waals surface area contributed by atoms with Crippen LogP contribution < -0.4 is 29.3 Å². The predicted octanol–water partition coefficient (Wildman–Crippen LogP) is -3.10. The molecule has 0 rings (SSSR count). The number of rotatable bonds is 14. The molecule has 3 atom stereocenters. The van der Waals surface area contributed by atoms with Gasteiger partial charge in [-0.2, -0.15) is 0 Å². The second-order valence-corrected chi connectivity index (χ2v) is 5.89. The first kappa shape index (κ1) is 25.9.